The van der Waals surface area contributed by atoms with Crippen LogP contribution >= 0.6 is 0 Å². The predicted molar refractivity (Wildman–Crippen MR) is 134 cm³/mol. The van der Waals surface area contributed by atoms with E-state index in [1.807, 2.05) is 16.4 Å². The second-order valence-corrected chi connectivity index (χ2v) is 9.24. The zero-order valence-corrected chi connectivity index (χ0v) is 19.8. The van der Waals surface area contributed by atoms with E-state index in [0.717, 1.165) is 19.4 Å². The van der Waals surface area contributed by atoms with Crippen LogP contribution in [0.25, 0.3) is 17.0 Å². The number of ether oxygens (including phenoxy) is 1. The van der Waals surface area contributed by atoms with Crippen LogP contribution in [0.15, 0.2) is 47.4 Å². The molecule has 1 atom stereocenters. The third-order valence-electron chi connectivity index (χ3n) is 6.61. The number of carbonyl (C=O) groups excluding carboxylic acids is 1. The molecule has 1 saturated heterocycles. The van der Waals surface area contributed by atoms with Crippen LogP contribution in [0.2, 0.25) is 0 Å². The smallest absolute Gasteiger partial charge is 0.200 e. The molecule has 182 valence electrons. The Morgan fingerprint density at radius 2 is 2.00 bits per heavy atom. The van der Waals surface area contributed by atoms with E-state index in [1.165, 1.54) is 31.4 Å². The monoisotopic (exact) mass is 477 g/mol. The highest BCUT2D eigenvalue weighted by Crippen LogP contribution is 2.43. The molecule has 1 unspecified atom stereocenters. The van der Waals surface area contributed by atoms with Crippen molar-refractivity contribution in [2.45, 2.75) is 31.8 Å². The van der Waals surface area contributed by atoms with Gasteiger partial charge in [-0.15, -0.1) is 0 Å². The van der Waals surface area contributed by atoms with Crippen molar-refractivity contribution in [3.8, 4) is 11.5 Å². The third kappa shape index (κ3) is 4.41. The molecule has 1 aliphatic heterocycles. The number of phenols is 1. The van der Waals surface area contributed by atoms with Crippen LogP contribution in [0.1, 0.15) is 41.7 Å². The number of phenolic OH excluding ortho intramolecular Hbond substituents is 1. The number of pyridine rings is 1. The van der Waals surface area contributed by atoms with E-state index in [2.05, 4.69) is 5.32 Å². The number of allylic oxidation sites excluding steroid dienone is 1. The van der Waals surface area contributed by atoms with Gasteiger partial charge in [0, 0.05) is 37.9 Å². The van der Waals surface area contributed by atoms with Gasteiger partial charge in [-0.05, 0) is 49.6 Å². The molecule has 2 heterocycles. The number of hydrogen-bond acceptors (Lipinski definition) is 6. The molecule has 0 bridgehead atoms. The van der Waals surface area contributed by atoms with E-state index in [1.54, 1.807) is 24.4 Å². The summed E-state index contributed by atoms with van der Waals surface area (Å²) in [7, 11) is 1.49. The molecule has 2 aromatic carbocycles. The van der Waals surface area contributed by atoms with Gasteiger partial charge in [-0.1, -0.05) is 18.2 Å². The Hall–Kier alpha value is -3.65. The average molecular weight is 478 g/mol. The summed E-state index contributed by atoms with van der Waals surface area (Å²) in [6.07, 6.45) is 6.33. The van der Waals surface area contributed by atoms with Crippen molar-refractivity contribution in [2.24, 2.45) is 0 Å². The van der Waals surface area contributed by atoms with Gasteiger partial charge < -0.3 is 24.6 Å². The average Bonchev–Trinajstić information content (AvgIpc) is 3.68. The molecule has 1 aromatic heterocycles. The van der Waals surface area contributed by atoms with Crippen molar-refractivity contribution in [2.75, 3.05) is 31.6 Å². The van der Waals surface area contributed by atoms with Crippen LogP contribution in [-0.2, 0) is 0 Å². The third-order valence-corrected chi connectivity index (χ3v) is 6.61. The number of halogens is 1. The molecule has 0 amide bonds. The van der Waals surface area contributed by atoms with Crippen LogP contribution in [0.5, 0.6) is 11.5 Å². The van der Waals surface area contributed by atoms with Crippen LogP contribution < -0.4 is 20.4 Å². The Morgan fingerprint density at radius 3 is 2.66 bits per heavy atom. The topological polar surface area (TPSA) is 83.8 Å². The summed E-state index contributed by atoms with van der Waals surface area (Å²) in [5.41, 5.74) is 1.07. The molecular weight excluding hydrogens is 449 g/mol. The molecule has 2 fully saturated rings. The normalized spacial score (nSPS) is 18.4. The molecule has 8 heteroatoms. The molecule has 5 rings (SSSR count). The first kappa shape index (κ1) is 23.1. The van der Waals surface area contributed by atoms with Crippen molar-refractivity contribution >= 4 is 28.4 Å². The van der Waals surface area contributed by atoms with Gasteiger partial charge in [0.1, 0.15) is 11.4 Å². The zero-order chi connectivity index (χ0) is 24.7. The number of nitrogens with one attached hydrogen (secondary N) is 1. The number of rotatable bonds is 6. The summed E-state index contributed by atoms with van der Waals surface area (Å²) in [5, 5.41) is 12.9. The van der Waals surface area contributed by atoms with Gasteiger partial charge in [0.15, 0.2) is 17.3 Å². The van der Waals surface area contributed by atoms with E-state index in [0.29, 0.717) is 35.6 Å². The lowest BCUT2D eigenvalue weighted by atomic mass is 10.0. The van der Waals surface area contributed by atoms with Crippen molar-refractivity contribution < 1.29 is 19.0 Å². The van der Waals surface area contributed by atoms with Gasteiger partial charge in [-0.3, -0.25) is 9.59 Å². The number of fused-ring (bicyclic) bond motifs is 1. The molecule has 35 heavy (non-hydrogen) atoms. The summed E-state index contributed by atoms with van der Waals surface area (Å²) in [6, 6.07) is 7.94. The molecule has 1 aliphatic carbocycles. The van der Waals surface area contributed by atoms with Gasteiger partial charge >= 0.3 is 0 Å². The Labute approximate surface area is 202 Å². The molecule has 0 radical (unpaired) electrons. The largest absolute Gasteiger partial charge is 0.508 e. The van der Waals surface area contributed by atoms with Gasteiger partial charge in [-0.2, -0.15) is 0 Å². The number of carbonyl (C=O) groups is 1. The van der Waals surface area contributed by atoms with Gasteiger partial charge in [0.25, 0.3) is 0 Å². The van der Waals surface area contributed by atoms with Crippen molar-refractivity contribution in [1.82, 2.24) is 9.88 Å². The van der Waals surface area contributed by atoms with Crippen LogP contribution in [0.3, 0.4) is 0 Å². The fourth-order valence-corrected chi connectivity index (χ4v) is 4.73. The Balaban J connectivity index is 1.64. The maximum atomic E-state index is 15.5. The number of hydrogen-bond donors (Lipinski definition) is 2. The summed E-state index contributed by atoms with van der Waals surface area (Å²) in [5.74, 6) is -0.538. The van der Waals surface area contributed by atoms with Gasteiger partial charge in [0.05, 0.1) is 23.6 Å². The summed E-state index contributed by atoms with van der Waals surface area (Å²) in [6.45, 7) is 4.00. The second kappa shape index (κ2) is 9.19. The molecule has 2 aliphatic rings. The number of nitrogens with zero attached hydrogens (tertiary/aromatic N) is 2. The van der Waals surface area contributed by atoms with Gasteiger partial charge in [-0.25, -0.2) is 4.39 Å². The van der Waals surface area contributed by atoms with E-state index < -0.39 is 17.0 Å². The second-order valence-electron chi connectivity index (χ2n) is 9.24. The first-order valence-corrected chi connectivity index (χ1v) is 11.8. The highest BCUT2D eigenvalue weighted by atomic mass is 19.1. The molecule has 0 spiro atoms. The quantitative estimate of drug-likeness (QED) is 0.414. The van der Waals surface area contributed by atoms with E-state index in [-0.39, 0.29) is 28.8 Å². The number of methoxy groups -OCH3 is 1. The van der Waals surface area contributed by atoms with Crippen molar-refractivity contribution in [3.63, 3.8) is 0 Å². The fourth-order valence-electron chi connectivity index (χ4n) is 4.73. The minimum atomic E-state index is -0.535. The lowest BCUT2D eigenvalue weighted by molar-refractivity contribution is 0.104. The summed E-state index contributed by atoms with van der Waals surface area (Å²) in [4.78, 5) is 28.4. The number of aromatic hydroxyl groups is 1. The molecular formula is C27H28FN3O4. The molecule has 2 N–H and O–H groups in total. The molecule has 3 aromatic rings. The fraction of sp³-hybridized carbons (Fsp3) is 0.333. The number of benzene rings is 2. The maximum absolute atomic E-state index is 15.5. The first-order valence-electron chi connectivity index (χ1n) is 11.8. The number of aromatic nitrogens is 1. The van der Waals surface area contributed by atoms with E-state index in [4.69, 9.17) is 4.74 Å². The Kier molecular flexibility index (Phi) is 6.06. The van der Waals surface area contributed by atoms with Crippen LogP contribution in [0.4, 0.5) is 10.1 Å². The first-order chi connectivity index (χ1) is 16.9. The predicted octanol–water partition coefficient (Wildman–Crippen LogP) is 3.88. The molecule has 7 nitrogen and oxygen atoms in total. The van der Waals surface area contributed by atoms with Crippen LogP contribution in [0, 0.1) is 5.82 Å². The minimum absolute atomic E-state index is 0.00979. The lowest BCUT2D eigenvalue weighted by Crippen LogP contribution is -2.49. The SMILES string of the molecule is COc1c(N2CCNC(C)C2)c(F)cc2c(=O)c(C(=O)C=Cc3ccc(O)cc3)cn(C3CC3)c12. The summed E-state index contributed by atoms with van der Waals surface area (Å²) >= 11 is 0. The van der Waals surface area contributed by atoms with Crippen LogP contribution in [-0.4, -0.2) is 48.2 Å². The Bertz CT molecular complexity index is 1380. The minimum Gasteiger partial charge on any atom is -0.508 e. The maximum Gasteiger partial charge on any atom is 0.200 e. The number of piperazine rings is 1. The lowest BCUT2D eigenvalue weighted by Gasteiger charge is -2.35. The zero-order valence-electron chi connectivity index (χ0n) is 19.8. The number of anilines is 1. The van der Waals surface area contributed by atoms with E-state index in [9.17, 15) is 14.7 Å². The summed E-state index contributed by atoms with van der Waals surface area (Å²) < 4.78 is 23.2. The molecule has 1 saturated carbocycles. The van der Waals surface area contributed by atoms with Crippen molar-refractivity contribution in [1.29, 1.82) is 0 Å². The Morgan fingerprint density at radius 1 is 1.26 bits per heavy atom. The van der Waals surface area contributed by atoms with Crippen molar-refractivity contribution in [3.05, 3.63) is 69.8 Å². The highest BCUT2D eigenvalue weighted by Gasteiger charge is 2.31. The standard InChI is InChI=1S/C27H28FN3O4/c1-16-14-30(12-11-29-16)25-22(28)13-20-24(27(25)35-2)31(18-6-7-18)15-21(26(20)34)23(33)10-5-17-3-8-19(32)9-4-17/h3-5,8-10,13,15-16,18,29,32H,6-7,11-12,14H2,1-2H3. The number of ketones is 1. The highest BCUT2D eigenvalue weighted by molar-refractivity contribution is 6.08. The van der Waals surface area contributed by atoms with E-state index >= 15 is 4.39 Å². The van der Waals surface area contributed by atoms with Gasteiger partial charge in [0.2, 0.25) is 5.43 Å².